The van der Waals surface area contributed by atoms with Crippen LogP contribution in [0.1, 0.15) is 49.9 Å². The minimum absolute atomic E-state index is 0.178. The molecule has 1 rings (SSSR count). The molecule has 1 aromatic rings. The van der Waals surface area contributed by atoms with Gasteiger partial charge in [0.05, 0.1) is 6.61 Å². The van der Waals surface area contributed by atoms with E-state index in [2.05, 4.69) is 34.7 Å². The van der Waals surface area contributed by atoms with E-state index in [4.69, 9.17) is 0 Å². The van der Waals surface area contributed by atoms with Gasteiger partial charge in [0, 0.05) is 29.0 Å². The van der Waals surface area contributed by atoms with Crippen molar-refractivity contribution in [1.29, 1.82) is 0 Å². The third kappa shape index (κ3) is 6.29. The van der Waals surface area contributed by atoms with E-state index in [9.17, 15) is 9.90 Å². The van der Waals surface area contributed by atoms with Crippen molar-refractivity contribution < 1.29 is 9.90 Å². The molecule has 0 bridgehead atoms. The van der Waals surface area contributed by atoms with E-state index in [1.165, 1.54) is 0 Å². The van der Waals surface area contributed by atoms with Crippen LogP contribution in [0.4, 0.5) is 0 Å². The zero-order chi connectivity index (χ0) is 15.7. The summed E-state index contributed by atoms with van der Waals surface area (Å²) in [5.41, 5.74) is 0.773. The van der Waals surface area contributed by atoms with Crippen molar-refractivity contribution in [3.05, 3.63) is 34.3 Å². The normalized spacial score (nSPS) is 11.3. The van der Waals surface area contributed by atoms with Crippen LogP contribution in [0.5, 0.6) is 0 Å². The van der Waals surface area contributed by atoms with Gasteiger partial charge in [-0.2, -0.15) is 0 Å². The molecule has 0 saturated carbocycles. The molecule has 0 fully saturated rings. The highest BCUT2D eigenvalue weighted by molar-refractivity contribution is 9.10. The molecule has 0 heterocycles. The Morgan fingerprint density at radius 3 is 2.33 bits per heavy atom. The summed E-state index contributed by atoms with van der Waals surface area (Å²) < 4.78 is 0.988. The number of Topliss-reactive ketones (excluding diaryl/α,β-unsaturated/α-hetero) is 1. The molecule has 0 radical (unpaired) electrons. The second-order valence-electron chi connectivity index (χ2n) is 5.26. The Balaban J connectivity index is 2.45. The van der Waals surface area contributed by atoms with Gasteiger partial charge in [-0.3, -0.25) is 9.69 Å². The van der Waals surface area contributed by atoms with Gasteiger partial charge in [-0.25, -0.2) is 0 Å². The highest BCUT2D eigenvalue weighted by Crippen LogP contribution is 2.14. The standard InChI is InChI=1S/C17H26BrNO2/c1-3-16(4-2)19(12-13-20)11-5-6-17(21)14-7-9-15(18)10-8-14/h7-10,16,20H,3-6,11-13H2,1-2H3. The number of carbonyl (C=O) groups is 1. The molecule has 0 saturated heterocycles. The Labute approximate surface area is 136 Å². The quantitative estimate of drug-likeness (QED) is 0.647. The van der Waals surface area contributed by atoms with Crippen LogP contribution in [0.15, 0.2) is 28.7 Å². The fourth-order valence-corrected chi connectivity index (χ4v) is 2.90. The average molecular weight is 356 g/mol. The second-order valence-corrected chi connectivity index (χ2v) is 6.18. The molecule has 0 aliphatic carbocycles. The second kappa shape index (κ2) is 10.1. The maximum atomic E-state index is 12.1. The van der Waals surface area contributed by atoms with Gasteiger partial charge in [0.2, 0.25) is 0 Å². The number of carbonyl (C=O) groups excluding carboxylic acids is 1. The summed E-state index contributed by atoms with van der Waals surface area (Å²) in [5, 5.41) is 9.18. The van der Waals surface area contributed by atoms with Crippen LogP contribution in [-0.2, 0) is 0 Å². The van der Waals surface area contributed by atoms with Crippen molar-refractivity contribution >= 4 is 21.7 Å². The first-order valence-corrected chi connectivity index (χ1v) is 8.55. The Hall–Kier alpha value is -0.710. The molecule has 0 atom stereocenters. The summed E-state index contributed by atoms with van der Waals surface area (Å²) in [4.78, 5) is 14.4. The molecule has 3 nitrogen and oxygen atoms in total. The molecule has 0 spiro atoms. The fourth-order valence-electron chi connectivity index (χ4n) is 2.63. The topological polar surface area (TPSA) is 40.5 Å². The number of halogens is 1. The maximum Gasteiger partial charge on any atom is 0.162 e. The lowest BCUT2D eigenvalue weighted by atomic mass is 10.1. The maximum absolute atomic E-state index is 12.1. The van der Waals surface area contributed by atoms with E-state index < -0.39 is 0 Å². The molecule has 0 aromatic heterocycles. The fraction of sp³-hybridized carbons (Fsp3) is 0.588. The molecule has 4 heteroatoms. The molecule has 21 heavy (non-hydrogen) atoms. The minimum atomic E-state index is 0.178. The van der Waals surface area contributed by atoms with Gasteiger partial charge >= 0.3 is 0 Å². The molecular weight excluding hydrogens is 330 g/mol. The summed E-state index contributed by atoms with van der Waals surface area (Å²) in [7, 11) is 0. The van der Waals surface area contributed by atoms with E-state index in [0.717, 1.165) is 35.8 Å². The van der Waals surface area contributed by atoms with Gasteiger partial charge in [0.1, 0.15) is 0 Å². The van der Waals surface area contributed by atoms with Crippen molar-refractivity contribution in [2.45, 2.75) is 45.6 Å². The Bertz CT molecular complexity index is 415. The van der Waals surface area contributed by atoms with Crippen molar-refractivity contribution in [3.8, 4) is 0 Å². The van der Waals surface area contributed by atoms with Gasteiger partial charge in [0.25, 0.3) is 0 Å². The van der Waals surface area contributed by atoms with E-state index in [1.807, 2.05) is 24.3 Å². The summed E-state index contributed by atoms with van der Waals surface area (Å²) in [5.74, 6) is 0.191. The third-order valence-corrected chi connectivity index (χ3v) is 4.39. The average Bonchev–Trinajstić information content (AvgIpc) is 2.49. The van der Waals surface area contributed by atoms with E-state index >= 15 is 0 Å². The van der Waals surface area contributed by atoms with E-state index in [0.29, 0.717) is 19.0 Å². The molecular formula is C17H26BrNO2. The smallest absolute Gasteiger partial charge is 0.162 e. The monoisotopic (exact) mass is 355 g/mol. The van der Waals surface area contributed by atoms with Crippen LogP contribution >= 0.6 is 15.9 Å². The van der Waals surface area contributed by atoms with Crippen molar-refractivity contribution in [2.24, 2.45) is 0 Å². The Morgan fingerprint density at radius 2 is 1.81 bits per heavy atom. The molecule has 0 unspecified atom stereocenters. The molecule has 1 N–H and O–H groups in total. The number of nitrogens with zero attached hydrogens (tertiary/aromatic N) is 1. The van der Waals surface area contributed by atoms with E-state index in [1.54, 1.807) is 0 Å². The predicted octanol–water partition coefficient (Wildman–Crippen LogP) is 3.89. The number of rotatable bonds is 10. The molecule has 118 valence electrons. The number of benzene rings is 1. The van der Waals surface area contributed by atoms with Crippen molar-refractivity contribution in [1.82, 2.24) is 4.90 Å². The highest BCUT2D eigenvalue weighted by atomic mass is 79.9. The van der Waals surface area contributed by atoms with Crippen LogP contribution in [-0.4, -0.2) is 41.5 Å². The van der Waals surface area contributed by atoms with Gasteiger partial charge in [0.15, 0.2) is 5.78 Å². The first-order chi connectivity index (χ1) is 10.1. The number of aliphatic hydroxyl groups excluding tert-OH is 1. The number of ketones is 1. The van der Waals surface area contributed by atoms with Crippen molar-refractivity contribution in [3.63, 3.8) is 0 Å². The number of hydrogen-bond donors (Lipinski definition) is 1. The third-order valence-electron chi connectivity index (χ3n) is 3.86. The first kappa shape index (κ1) is 18.3. The molecule has 0 aliphatic heterocycles. The van der Waals surface area contributed by atoms with Crippen LogP contribution in [0.2, 0.25) is 0 Å². The highest BCUT2D eigenvalue weighted by Gasteiger charge is 2.15. The molecule has 1 aromatic carbocycles. The van der Waals surface area contributed by atoms with Crippen LogP contribution in [0.3, 0.4) is 0 Å². The lowest BCUT2D eigenvalue weighted by Crippen LogP contribution is -2.37. The lowest BCUT2D eigenvalue weighted by molar-refractivity contribution is 0.0962. The summed E-state index contributed by atoms with van der Waals surface area (Å²) >= 11 is 3.37. The van der Waals surface area contributed by atoms with Gasteiger partial charge in [-0.15, -0.1) is 0 Å². The van der Waals surface area contributed by atoms with Gasteiger partial charge < -0.3 is 5.11 Å². The zero-order valence-electron chi connectivity index (χ0n) is 13.0. The predicted molar refractivity (Wildman–Crippen MR) is 90.7 cm³/mol. The molecule has 0 aliphatic rings. The minimum Gasteiger partial charge on any atom is -0.395 e. The van der Waals surface area contributed by atoms with Crippen LogP contribution in [0.25, 0.3) is 0 Å². The van der Waals surface area contributed by atoms with E-state index in [-0.39, 0.29) is 12.4 Å². The van der Waals surface area contributed by atoms with Crippen molar-refractivity contribution in [2.75, 3.05) is 19.7 Å². The summed E-state index contributed by atoms with van der Waals surface area (Å²) in [6, 6.07) is 8.02. The van der Waals surface area contributed by atoms with Crippen LogP contribution in [0, 0.1) is 0 Å². The number of aliphatic hydroxyl groups is 1. The zero-order valence-corrected chi connectivity index (χ0v) is 14.6. The molecule has 0 amide bonds. The lowest BCUT2D eigenvalue weighted by Gasteiger charge is -2.29. The van der Waals surface area contributed by atoms with Gasteiger partial charge in [-0.1, -0.05) is 41.9 Å². The first-order valence-electron chi connectivity index (χ1n) is 7.76. The summed E-state index contributed by atoms with van der Waals surface area (Å²) in [6.45, 7) is 6.09. The van der Waals surface area contributed by atoms with Gasteiger partial charge in [-0.05, 0) is 37.9 Å². The number of hydrogen-bond acceptors (Lipinski definition) is 3. The Morgan fingerprint density at radius 1 is 1.19 bits per heavy atom. The van der Waals surface area contributed by atoms with Crippen LogP contribution < -0.4 is 0 Å². The SMILES string of the molecule is CCC(CC)N(CCO)CCCC(=O)c1ccc(Br)cc1. The summed E-state index contributed by atoms with van der Waals surface area (Å²) in [6.07, 6.45) is 3.56. The largest absolute Gasteiger partial charge is 0.395 e. The Kier molecular flexibility index (Phi) is 8.81.